The lowest BCUT2D eigenvalue weighted by molar-refractivity contribution is 0.767. The highest BCUT2D eigenvalue weighted by Gasteiger charge is 2.36. The fourth-order valence-electron chi connectivity index (χ4n) is 0.299. The molecule has 0 aromatic carbocycles. The summed E-state index contributed by atoms with van der Waals surface area (Å²) in [4.78, 5) is 0. The third-order valence-electron chi connectivity index (χ3n) is 1.27. The van der Waals surface area contributed by atoms with Crippen LogP contribution in [-0.2, 0) is 0 Å². The van der Waals surface area contributed by atoms with Crippen molar-refractivity contribution in [3.63, 3.8) is 0 Å². The summed E-state index contributed by atoms with van der Waals surface area (Å²) in [6, 6.07) is 2.22. The molecule has 0 aromatic heterocycles. The van der Waals surface area contributed by atoms with Gasteiger partial charge in [-0.15, -0.1) is 0 Å². The van der Waals surface area contributed by atoms with E-state index in [1.54, 1.807) is 0 Å². The Morgan fingerprint density at radius 2 is 1.75 bits per heavy atom. The standard InChI is InChI=1S/C5H7N.C2H6/c1-5(4-6)2-3-5;1-2/h2-3H2,1H3;1-2H3. The van der Waals surface area contributed by atoms with E-state index in [9.17, 15) is 0 Å². The smallest absolute Gasteiger partial charge is 0.0686 e. The summed E-state index contributed by atoms with van der Waals surface area (Å²) >= 11 is 0. The van der Waals surface area contributed by atoms with Crippen LogP contribution in [0.15, 0.2) is 0 Å². The molecular weight excluding hydrogens is 98.1 g/mol. The molecule has 0 N–H and O–H groups in total. The van der Waals surface area contributed by atoms with Crippen LogP contribution in [0, 0.1) is 16.7 Å². The third kappa shape index (κ3) is 1.97. The fourth-order valence-corrected chi connectivity index (χ4v) is 0.299. The Hall–Kier alpha value is -0.510. The lowest BCUT2D eigenvalue weighted by Crippen LogP contribution is -1.81. The molecule has 1 fully saturated rings. The summed E-state index contributed by atoms with van der Waals surface area (Å²) in [5, 5.41) is 8.22. The van der Waals surface area contributed by atoms with Crippen LogP contribution in [0.5, 0.6) is 0 Å². The highest BCUT2D eigenvalue weighted by Crippen LogP contribution is 2.43. The summed E-state index contributed by atoms with van der Waals surface area (Å²) in [5.74, 6) is 0. The van der Waals surface area contributed by atoms with E-state index in [4.69, 9.17) is 5.26 Å². The average molecular weight is 111 g/mol. The van der Waals surface area contributed by atoms with Crippen LogP contribution in [0.1, 0.15) is 33.6 Å². The van der Waals surface area contributed by atoms with Crippen molar-refractivity contribution < 1.29 is 0 Å². The highest BCUT2D eigenvalue weighted by atomic mass is 14.4. The lowest BCUT2D eigenvalue weighted by Gasteiger charge is -1.82. The number of nitriles is 1. The zero-order valence-corrected chi connectivity index (χ0v) is 5.86. The molecule has 8 heavy (non-hydrogen) atoms. The summed E-state index contributed by atoms with van der Waals surface area (Å²) in [6.45, 7) is 5.99. The molecule has 1 saturated carbocycles. The summed E-state index contributed by atoms with van der Waals surface area (Å²) in [7, 11) is 0. The summed E-state index contributed by atoms with van der Waals surface area (Å²) in [6.07, 6.45) is 2.23. The Balaban J connectivity index is 0.000000222. The van der Waals surface area contributed by atoms with Crippen LogP contribution in [-0.4, -0.2) is 0 Å². The van der Waals surface area contributed by atoms with E-state index < -0.39 is 0 Å². The Morgan fingerprint density at radius 1 is 1.38 bits per heavy atom. The first-order valence-corrected chi connectivity index (χ1v) is 3.18. The van der Waals surface area contributed by atoms with Gasteiger partial charge in [-0.2, -0.15) is 5.26 Å². The van der Waals surface area contributed by atoms with E-state index in [0.29, 0.717) is 0 Å². The van der Waals surface area contributed by atoms with Gasteiger partial charge in [-0.25, -0.2) is 0 Å². The van der Waals surface area contributed by atoms with Gasteiger partial charge in [-0.1, -0.05) is 13.8 Å². The van der Waals surface area contributed by atoms with Gasteiger partial charge in [-0.3, -0.25) is 0 Å². The van der Waals surface area contributed by atoms with Crippen molar-refractivity contribution >= 4 is 0 Å². The normalized spacial score (nSPS) is 19.8. The number of rotatable bonds is 0. The number of hydrogen-bond acceptors (Lipinski definition) is 1. The zero-order chi connectivity index (χ0) is 6.62. The molecule has 1 aliphatic rings. The first-order valence-electron chi connectivity index (χ1n) is 3.18. The second-order valence-corrected chi connectivity index (χ2v) is 2.17. The zero-order valence-electron chi connectivity index (χ0n) is 5.86. The largest absolute Gasteiger partial charge is 0.198 e. The van der Waals surface area contributed by atoms with Crippen LogP contribution in [0.25, 0.3) is 0 Å². The fraction of sp³-hybridized carbons (Fsp3) is 0.857. The SMILES string of the molecule is CC.CC1(C#N)CC1. The molecule has 0 heterocycles. The molecule has 0 amide bonds. The number of hydrogen-bond donors (Lipinski definition) is 0. The van der Waals surface area contributed by atoms with Crippen molar-refractivity contribution in [1.29, 1.82) is 5.26 Å². The van der Waals surface area contributed by atoms with Crippen LogP contribution in [0.2, 0.25) is 0 Å². The van der Waals surface area contributed by atoms with E-state index in [0.717, 1.165) is 12.8 Å². The predicted octanol–water partition coefficient (Wildman–Crippen LogP) is 2.34. The topological polar surface area (TPSA) is 23.8 Å². The summed E-state index contributed by atoms with van der Waals surface area (Å²) in [5.41, 5.74) is 0.0972. The van der Waals surface area contributed by atoms with Gasteiger partial charge >= 0.3 is 0 Å². The van der Waals surface area contributed by atoms with Gasteiger partial charge in [0.1, 0.15) is 0 Å². The Bertz CT molecular complexity index is 95.4. The van der Waals surface area contributed by atoms with E-state index in [1.807, 2.05) is 20.8 Å². The van der Waals surface area contributed by atoms with Gasteiger partial charge in [-0.05, 0) is 19.8 Å². The van der Waals surface area contributed by atoms with Gasteiger partial charge in [0.05, 0.1) is 11.5 Å². The van der Waals surface area contributed by atoms with Crippen molar-refractivity contribution in [2.24, 2.45) is 5.41 Å². The molecule has 1 nitrogen and oxygen atoms in total. The van der Waals surface area contributed by atoms with Crippen LogP contribution >= 0.6 is 0 Å². The van der Waals surface area contributed by atoms with Crippen molar-refractivity contribution in [1.82, 2.24) is 0 Å². The van der Waals surface area contributed by atoms with Crippen molar-refractivity contribution in [3.05, 3.63) is 0 Å². The van der Waals surface area contributed by atoms with E-state index >= 15 is 0 Å². The minimum atomic E-state index is 0.0972. The minimum Gasteiger partial charge on any atom is -0.198 e. The van der Waals surface area contributed by atoms with E-state index in [2.05, 4.69) is 6.07 Å². The van der Waals surface area contributed by atoms with E-state index in [1.165, 1.54) is 0 Å². The van der Waals surface area contributed by atoms with E-state index in [-0.39, 0.29) is 5.41 Å². The van der Waals surface area contributed by atoms with Gasteiger partial charge in [0.25, 0.3) is 0 Å². The molecule has 1 aliphatic carbocycles. The third-order valence-corrected chi connectivity index (χ3v) is 1.27. The molecule has 1 rings (SSSR count). The van der Waals surface area contributed by atoms with Crippen LogP contribution < -0.4 is 0 Å². The molecule has 0 unspecified atom stereocenters. The van der Waals surface area contributed by atoms with Crippen LogP contribution in [0.4, 0.5) is 0 Å². The quantitative estimate of drug-likeness (QED) is 0.470. The predicted molar refractivity (Wildman–Crippen MR) is 34.3 cm³/mol. The van der Waals surface area contributed by atoms with Gasteiger partial charge < -0.3 is 0 Å². The monoisotopic (exact) mass is 111 g/mol. The first kappa shape index (κ1) is 7.49. The molecule has 0 radical (unpaired) electrons. The maximum atomic E-state index is 8.22. The van der Waals surface area contributed by atoms with Gasteiger partial charge in [0.2, 0.25) is 0 Å². The molecule has 1 heteroatoms. The average Bonchev–Trinajstić information content (AvgIpc) is 2.55. The van der Waals surface area contributed by atoms with Gasteiger partial charge in [0.15, 0.2) is 0 Å². The Morgan fingerprint density at radius 3 is 1.75 bits per heavy atom. The molecule has 0 spiro atoms. The number of nitrogens with zero attached hydrogens (tertiary/aromatic N) is 1. The molecule has 0 atom stereocenters. The molecular formula is C7H13N. The highest BCUT2D eigenvalue weighted by molar-refractivity contribution is 5.06. The van der Waals surface area contributed by atoms with Gasteiger partial charge in [0, 0.05) is 0 Å². The lowest BCUT2D eigenvalue weighted by atomic mass is 10.2. The van der Waals surface area contributed by atoms with Crippen LogP contribution in [0.3, 0.4) is 0 Å². The van der Waals surface area contributed by atoms with Crippen molar-refractivity contribution in [2.75, 3.05) is 0 Å². The molecule has 0 aromatic rings. The Labute approximate surface area is 51.3 Å². The Kier molecular flexibility index (Phi) is 2.54. The molecule has 0 saturated heterocycles. The minimum absolute atomic E-state index is 0.0972. The second-order valence-electron chi connectivity index (χ2n) is 2.17. The maximum absolute atomic E-state index is 8.22. The van der Waals surface area contributed by atoms with Crippen molar-refractivity contribution in [3.8, 4) is 6.07 Å². The molecule has 46 valence electrons. The summed E-state index contributed by atoms with van der Waals surface area (Å²) < 4.78 is 0. The molecule has 0 aliphatic heterocycles. The second kappa shape index (κ2) is 2.71. The first-order chi connectivity index (χ1) is 3.77. The van der Waals surface area contributed by atoms with Crippen molar-refractivity contribution in [2.45, 2.75) is 33.6 Å². The molecule has 0 bridgehead atoms. The maximum Gasteiger partial charge on any atom is 0.0686 e.